The molecule has 0 aliphatic rings. The van der Waals surface area contributed by atoms with Crippen molar-refractivity contribution in [3.05, 3.63) is 56.5 Å². The van der Waals surface area contributed by atoms with E-state index in [0.29, 0.717) is 38.7 Å². The van der Waals surface area contributed by atoms with Crippen LogP contribution in [0.15, 0.2) is 30.3 Å². The number of hydrogen-bond donors (Lipinski definition) is 1. The van der Waals surface area contributed by atoms with E-state index < -0.39 is 0 Å². The normalized spacial score (nSPS) is 10.5. The minimum Gasteiger partial charge on any atom is -0.493 e. The van der Waals surface area contributed by atoms with Crippen molar-refractivity contribution in [3.63, 3.8) is 0 Å². The minimum absolute atomic E-state index is 0.191. The molecule has 0 saturated heterocycles. The predicted octanol–water partition coefficient (Wildman–Crippen LogP) is 4.69. The molecule has 0 bridgehead atoms. The molecule has 2 aromatic carbocycles. The first kappa shape index (κ1) is 16.2. The molecule has 2 rings (SSSR count). The summed E-state index contributed by atoms with van der Waals surface area (Å²) in [6, 6.07) is 8.81. The quantitative estimate of drug-likeness (QED) is 0.854. The lowest BCUT2D eigenvalue weighted by molar-refractivity contribution is 0.284. The van der Waals surface area contributed by atoms with Gasteiger partial charge in [0.25, 0.3) is 0 Å². The summed E-state index contributed by atoms with van der Waals surface area (Å²) in [5.41, 5.74) is 7.16. The van der Waals surface area contributed by atoms with Gasteiger partial charge in [0.2, 0.25) is 0 Å². The molecule has 0 fully saturated rings. The van der Waals surface area contributed by atoms with E-state index >= 15 is 0 Å². The number of nitrogens with two attached hydrogens (primary N) is 1. The number of rotatable bonds is 5. The highest BCUT2D eigenvalue weighted by atomic mass is 35.5. The third kappa shape index (κ3) is 3.74. The van der Waals surface area contributed by atoms with Crippen LogP contribution in [-0.4, -0.2) is 7.11 Å². The average Bonchev–Trinajstić information content (AvgIpc) is 2.47. The molecule has 0 aromatic heterocycles. The molecule has 6 heteroatoms. The zero-order chi connectivity index (χ0) is 15.4. The summed E-state index contributed by atoms with van der Waals surface area (Å²) in [5.74, 6) is 0.957. The van der Waals surface area contributed by atoms with Gasteiger partial charge in [-0.2, -0.15) is 0 Å². The molecule has 0 unspecified atom stereocenters. The first-order chi connectivity index (χ1) is 10.1. The highest BCUT2D eigenvalue weighted by Crippen LogP contribution is 2.37. The van der Waals surface area contributed by atoms with Gasteiger partial charge in [-0.05, 0) is 29.8 Å². The van der Waals surface area contributed by atoms with E-state index in [1.54, 1.807) is 37.4 Å². The second-order valence-corrected chi connectivity index (χ2v) is 5.52. The smallest absolute Gasteiger partial charge is 0.180 e. The Bertz CT molecular complexity index is 627. The molecule has 112 valence electrons. The molecule has 0 heterocycles. The van der Waals surface area contributed by atoms with E-state index in [9.17, 15) is 0 Å². The molecule has 2 N–H and O–H groups in total. The molecular formula is C15H14Cl3NO2. The molecule has 0 spiro atoms. The largest absolute Gasteiger partial charge is 0.493 e. The highest BCUT2D eigenvalue weighted by Gasteiger charge is 2.14. The summed E-state index contributed by atoms with van der Waals surface area (Å²) in [4.78, 5) is 0. The first-order valence-electron chi connectivity index (χ1n) is 6.19. The Balaban J connectivity index is 2.28. The van der Waals surface area contributed by atoms with Crippen LogP contribution in [0, 0.1) is 0 Å². The van der Waals surface area contributed by atoms with Gasteiger partial charge >= 0.3 is 0 Å². The van der Waals surface area contributed by atoms with Crippen molar-refractivity contribution < 1.29 is 9.47 Å². The third-order valence-electron chi connectivity index (χ3n) is 2.95. The maximum absolute atomic E-state index is 6.21. The number of benzene rings is 2. The van der Waals surface area contributed by atoms with Crippen LogP contribution in [0.4, 0.5) is 0 Å². The lowest BCUT2D eigenvalue weighted by Gasteiger charge is -2.15. The number of halogens is 3. The lowest BCUT2D eigenvalue weighted by atomic mass is 10.2. The standard InChI is InChI=1S/C15H14Cl3NO2/c1-20-14-6-9(7-19)5-13(18)15(14)21-8-10-11(16)3-2-4-12(10)17/h2-6H,7-8,19H2,1H3. The van der Waals surface area contributed by atoms with Crippen LogP contribution in [0.3, 0.4) is 0 Å². The Hall–Kier alpha value is -1.13. The monoisotopic (exact) mass is 345 g/mol. The second-order valence-electron chi connectivity index (χ2n) is 4.30. The van der Waals surface area contributed by atoms with Crippen LogP contribution in [0.5, 0.6) is 11.5 Å². The van der Waals surface area contributed by atoms with Crippen LogP contribution in [0.2, 0.25) is 15.1 Å². The first-order valence-corrected chi connectivity index (χ1v) is 7.32. The number of methoxy groups -OCH3 is 1. The van der Waals surface area contributed by atoms with E-state index in [4.69, 9.17) is 50.0 Å². The van der Waals surface area contributed by atoms with Crippen molar-refractivity contribution in [3.8, 4) is 11.5 Å². The van der Waals surface area contributed by atoms with Gasteiger partial charge in [-0.25, -0.2) is 0 Å². The maximum Gasteiger partial charge on any atom is 0.180 e. The van der Waals surface area contributed by atoms with Gasteiger partial charge in [-0.15, -0.1) is 0 Å². The van der Waals surface area contributed by atoms with Gasteiger partial charge in [0.05, 0.1) is 12.1 Å². The molecule has 21 heavy (non-hydrogen) atoms. The third-order valence-corrected chi connectivity index (χ3v) is 3.94. The van der Waals surface area contributed by atoms with Crippen molar-refractivity contribution in [2.75, 3.05) is 7.11 Å². The molecule has 3 nitrogen and oxygen atoms in total. The molecule has 2 aromatic rings. The second kappa shape index (κ2) is 7.23. The van der Waals surface area contributed by atoms with Crippen molar-refractivity contribution in [2.24, 2.45) is 5.73 Å². The summed E-state index contributed by atoms with van der Waals surface area (Å²) >= 11 is 18.4. The Labute approximate surface area is 138 Å². The maximum atomic E-state index is 6.21. The highest BCUT2D eigenvalue weighted by molar-refractivity contribution is 6.36. The summed E-state index contributed by atoms with van der Waals surface area (Å²) in [5, 5.41) is 1.50. The zero-order valence-electron chi connectivity index (χ0n) is 11.3. The Morgan fingerprint density at radius 2 is 1.71 bits per heavy atom. The Morgan fingerprint density at radius 1 is 1.05 bits per heavy atom. The number of hydrogen-bond acceptors (Lipinski definition) is 3. The van der Waals surface area contributed by atoms with Crippen molar-refractivity contribution in [1.82, 2.24) is 0 Å². The summed E-state index contributed by atoms with van der Waals surface area (Å²) in [6.45, 7) is 0.559. The van der Waals surface area contributed by atoms with Crippen LogP contribution in [0.25, 0.3) is 0 Å². The van der Waals surface area contributed by atoms with E-state index in [0.717, 1.165) is 5.56 Å². The Morgan fingerprint density at radius 3 is 2.29 bits per heavy atom. The van der Waals surface area contributed by atoms with Crippen LogP contribution in [-0.2, 0) is 13.2 Å². The fourth-order valence-corrected chi connectivity index (χ4v) is 2.64. The van der Waals surface area contributed by atoms with Crippen LogP contribution < -0.4 is 15.2 Å². The van der Waals surface area contributed by atoms with Gasteiger partial charge in [0.1, 0.15) is 6.61 Å². The van der Waals surface area contributed by atoms with Crippen molar-refractivity contribution in [1.29, 1.82) is 0 Å². The molecule has 0 amide bonds. The topological polar surface area (TPSA) is 44.5 Å². The van der Waals surface area contributed by atoms with E-state index in [1.165, 1.54) is 0 Å². The van der Waals surface area contributed by atoms with Gasteiger partial charge in [-0.1, -0.05) is 40.9 Å². The molecule has 0 radical (unpaired) electrons. The van der Waals surface area contributed by atoms with Crippen LogP contribution in [0.1, 0.15) is 11.1 Å². The summed E-state index contributed by atoms with van der Waals surface area (Å²) in [6.07, 6.45) is 0. The predicted molar refractivity (Wildman–Crippen MR) is 86.7 cm³/mol. The van der Waals surface area contributed by atoms with Crippen molar-refractivity contribution in [2.45, 2.75) is 13.2 Å². The van der Waals surface area contributed by atoms with Crippen LogP contribution >= 0.6 is 34.8 Å². The van der Waals surface area contributed by atoms with Gasteiger partial charge in [0.15, 0.2) is 11.5 Å². The van der Waals surface area contributed by atoms with Gasteiger partial charge < -0.3 is 15.2 Å². The minimum atomic E-state index is 0.191. The SMILES string of the molecule is COc1cc(CN)cc(Cl)c1OCc1c(Cl)cccc1Cl. The molecule has 0 atom stereocenters. The Kier molecular flexibility index (Phi) is 5.59. The fourth-order valence-electron chi connectivity index (χ4n) is 1.85. The molecule has 0 aliphatic heterocycles. The van der Waals surface area contributed by atoms with Gasteiger partial charge in [-0.3, -0.25) is 0 Å². The van der Waals surface area contributed by atoms with E-state index in [1.807, 2.05) is 0 Å². The van der Waals surface area contributed by atoms with E-state index in [2.05, 4.69) is 0 Å². The average molecular weight is 347 g/mol. The van der Waals surface area contributed by atoms with Gasteiger partial charge in [0, 0.05) is 22.2 Å². The molecule has 0 aliphatic carbocycles. The molecule has 0 saturated carbocycles. The summed E-state index contributed by atoms with van der Waals surface area (Å²) < 4.78 is 11.0. The van der Waals surface area contributed by atoms with Crippen molar-refractivity contribution >= 4 is 34.8 Å². The fraction of sp³-hybridized carbons (Fsp3) is 0.200. The summed E-state index contributed by atoms with van der Waals surface area (Å²) in [7, 11) is 1.54. The number of ether oxygens (including phenoxy) is 2. The van der Waals surface area contributed by atoms with E-state index in [-0.39, 0.29) is 6.61 Å². The zero-order valence-corrected chi connectivity index (χ0v) is 13.6. The lowest BCUT2D eigenvalue weighted by Crippen LogP contribution is -2.02. The molecular weight excluding hydrogens is 333 g/mol.